The van der Waals surface area contributed by atoms with Gasteiger partial charge < -0.3 is 15.0 Å². The van der Waals surface area contributed by atoms with E-state index < -0.39 is 0 Å². The van der Waals surface area contributed by atoms with Crippen LogP contribution in [-0.4, -0.2) is 67.3 Å². The molecule has 0 aromatic carbocycles. The molecule has 0 radical (unpaired) electrons. The van der Waals surface area contributed by atoms with Gasteiger partial charge in [-0.25, -0.2) is 4.79 Å². The second kappa shape index (κ2) is 4.82. The number of carbonyl (C=O) groups is 1. The summed E-state index contributed by atoms with van der Waals surface area (Å²) >= 11 is 0. The number of urea groups is 1. The SMILES string of the molecule is O=C(NC1CCOC1)N1CCN2CCCC2C1. The largest absolute Gasteiger partial charge is 0.379 e. The molecule has 2 atom stereocenters. The molecule has 0 aromatic rings. The molecular weight excluding hydrogens is 218 g/mol. The zero-order valence-electron chi connectivity index (χ0n) is 10.2. The van der Waals surface area contributed by atoms with Crippen LogP contribution < -0.4 is 5.32 Å². The quantitative estimate of drug-likeness (QED) is 0.714. The lowest BCUT2D eigenvalue weighted by Crippen LogP contribution is -2.55. The predicted octanol–water partition coefficient (Wildman–Crippen LogP) is 0.265. The number of fused-ring (bicyclic) bond motifs is 1. The zero-order chi connectivity index (χ0) is 11.7. The number of hydrogen-bond acceptors (Lipinski definition) is 3. The third-order valence-electron chi connectivity index (χ3n) is 4.13. The van der Waals surface area contributed by atoms with E-state index in [2.05, 4.69) is 10.2 Å². The van der Waals surface area contributed by atoms with Crippen LogP contribution in [0.1, 0.15) is 19.3 Å². The molecule has 0 aromatic heterocycles. The number of nitrogens with zero attached hydrogens (tertiary/aromatic N) is 2. The molecule has 3 saturated heterocycles. The van der Waals surface area contributed by atoms with E-state index in [0.29, 0.717) is 12.6 Å². The number of amides is 2. The number of piperazine rings is 1. The Morgan fingerprint density at radius 2 is 2.18 bits per heavy atom. The molecule has 3 rings (SSSR count). The van der Waals surface area contributed by atoms with Crippen LogP contribution in [0, 0.1) is 0 Å². The first-order chi connectivity index (χ1) is 8.33. The Hall–Kier alpha value is -0.810. The van der Waals surface area contributed by atoms with Gasteiger partial charge in [-0.15, -0.1) is 0 Å². The van der Waals surface area contributed by atoms with E-state index in [4.69, 9.17) is 4.74 Å². The molecule has 1 N–H and O–H groups in total. The molecule has 0 saturated carbocycles. The average molecular weight is 239 g/mol. The van der Waals surface area contributed by atoms with Crippen LogP contribution in [0.15, 0.2) is 0 Å². The van der Waals surface area contributed by atoms with Crippen LogP contribution in [0.25, 0.3) is 0 Å². The number of rotatable bonds is 1. The average Bonchev–Trinajstić information content (AvgIpc) is 2.97. The molecule has 0 spiro atoms. The van der Waals surface area contributed by atoms with Crippen molar-refractivity contribution in [1.29, 1.82) is 0 Å². The molecule has 3 fully saturated rings. The standard InChI is InChI=1S/C12H21N3O2/c16-12(13-10-3-7-17-9-10)15-6-5-14-4-1-2-11(14)8-15/h10-11H,1-9H2,(H,13,16). The molecule has 3 heterocycles. The van der Waals surface area contributed by atoms with Crippen molar-refractivity contribution in [2.24, 2.45) is 0 Å². The Bertz CT molecular complexity index is 291. The topological polar surface area (TPSA) is 44.8 Å². The van der Waals surface area contributed by atoms with Crippen LogP contribution in [0.3, 0.4) is 0 Å². The van der Waals surface area contributed by atoms with Crippen LogP contribution in [-0.2, 0) is 4.74 Å². The summed E-state index contributed by atoms with van der Waals surface area (Å²) in [5.74, 6) is 0. The maximum Gasteiger partial charge on any atom is 0.317 e. The lowest BCUT2D eigenvalue weighted by molar-refractivity contribution is 0.115. The van der Waals surface area contributed by atoms with Gasteiger partial charge >= 0.3 is 6.03 Å². The lowest BCUT2D eigenvalue weighted by Gasteiger charge is -2.37. The minimum absolute atomic E-state index is 0.104. The van der Waals surface area contributed by atoms with E-state index in [1.165, 1.54) is 19.4 Å². The summed E-state index contributed by atoms with van der Waals surface area (Å²) < 4.78 is 5.27. The first-order valence-electron chi connectivity index (χ1n) is 6.70. The van der Waals surface area contributed by atoms with Crippen molar-refractivity contribution in [1.82, 2.24) is 15.1 Å². The van der Waals surface area contributed by atoms with Crippen molar-refractivity contribution in [2.45, 2.75) is 31.3 Å². The molecular formula is C12H21N3O2. The van der Waals surface area contributed by atoms with Gasteiger partial charge in [-0.1, -0.05) is 0 Å². The van der Waals surface area contributed by atoms with Crippen LogP contribution in [0.5, 0.6) is 0 Å². The summed E-state index contributed by atoms with van der Waals surface area (Å²) in [4.78, 5) is 16.6. The highest BCUT2D eigenvalue weighted by Gasteiger charge is 2.33. The second-order valence-electron chi connectivity index (χ2n) is 5.29. The first-order valence-corrected chi connectivity index (χ1v) is 6.70. The monoisotopic (exact) mass is 239 g/mol. The Kier molecular flexibility index (Phi) is 3.20. The molecule has 0 bridgehead atoms. The molecule has 17 heavy (non-hydrogen) atoms. The van der Waals surface area contributed by atoms with E-state index >= 15 is 0 Å². The molecule has 2 unspecified atom stereocenters. The molecule has 2 amide bonds. The first kappa shape index (κ1) is 11.3. The van der Waals surface area contributed by atoms with E-state index in [1.54, 1.807) is 0 Å². The lowest BCUT2D eigenvalue weighted by atomic mass is 10.1. The summed E-state index contributed by atoms with van der Waals surface area (Å²) in [6.45, 7) is 5.49. The minimum atomic E-state index is 0.104. The molecule has 5 heteroatoms. The minimum Gasteiger partial charge on any atom is -0.379 e. The molecule has 3 aliphatic heterocycles. The highest BCUT2D eigenvalue weighted by Crippen LogP contribution is 2.21. The van der Waals surface area contributed by atoms with Gasteiger partial charge in [0.2, 0.25) is 0 Å². The number of ether oxygens (including phenoxy) is 1. The Morgan fingerprint density at radius 3 is 3.00 bits per heavy atom. The highest BCUT2D eigenvalue weighted by atomic mass is 16.5. The van der Waals surface area contributed by atoms with Crippen LogP contribution >= 0.6 is 0 Å². The van der Waals surface area contributed by atoms with Crippen molar-refractivity contribution >= 4 is 6.03 Å². The van der Waals surface area contributed by atoms with Gasteiger partial charge in [0.05, 0.1) is 12.6 Å². The zero-order valence-corrected chi connectivity index (χ0v) is 10.2. The fraction of sp³-hybridized carbons (Fsp3) is 0.917. The predicted molar refractivity (Wildman–Crippen MR) is 63.9 cm³/mol. The van der Waals surface area contributed by atoms with Gasteiger partial charge in [0.1, 0.15) is 0 Å². The van der Waals surface area contributed by atoms with Gasteiger partial charge in [0.25, 0.3) is 0 Å². The number of nitrogens with one attached hydrogen (secondary N) is 1. The smallest absolute Gasteiger partial charge is 0.317 e. The molecule has 96 valence electrons. The third-order valence-corrected chi connectivity index (χ3v) is 4.13. The molecule has 3 aliphatic rings. The summed E-state index contributed by atoms with van der Waals surface area (Å²) in [5.41, 5.74) is 0. The second-order valence-corrected chi connectivity index (χ2v) is 5.29. The third kappa shape index (κ3) is 2.40. The summed E-state index contributed by atoms with van der Waals surface area (Å²) in [6.07, 6.45) is 3.49. The molecule has 0 aliphatic carbocycles. The van der Waals surface area contributed by atoms with Gasteiger partial charge in [-0.05, 0) is 25.8 Å². The Labute approximate surface area is 102 Å². The van der Waals surface area contributed by atoms with Gasteiger partial charge in [-0.3, -0.25) is 4.90 Å². The Balaban J connectivity index is 1.51. The highest BCUT2D eigenvalue weighted by molar-refractivity contribution is 5.74. The van der Waals surface area contributed by atoms with E-state index in [-0.39, 0.29) is 12.1 Å². The summed E-state index contributed by atoms with van der Waals surface area (Å²) in [6, 6.07) is 0.936. The van der Waals surface area contributed by atoms with Gasteiger partial charge in [0.15, 0.2) is 0 Å². The van der Waals surface area contributed by atoms with Crippen LogP contribution in [0.4, 0.5) is 4.79 Å². The summed E-state index contributed by atoms with van der Waals surface area (Å²) in [7, 11) is 0. The fourth-order valence-electron chi connectivity index (χ4n) is 3.09. The summed E-state index contributed by atoms with van der Waals surface area (Å²) in [5, 5.41) is 3.07. The van der Waals surface area contributed by atoms with E-state index in [0.717, 1.165) is 32.7 Å². The molecule has 5 nitrogen and oxygen atoms in total. The number of hydrogen-bond donors (Lipinski definition) is 1. The fourth-order valence-corrected chi connectivity index (χ4v) is 3.09. The van der Waals surface area contributed by atoms with Crippen LogP contribution in [0.2, 0.25) is 0 Å². The maximum atomic E-state index is 12.1. The van der Waals surface area contributed by atoms with E-state index in [1.807, 2.05) is 4.90 Å². The van der Waals surface area contributed by atoms with Crippen molar-refractivity contribution < 1.29 is 9.53 Å². The van der Waals surface area contributed by atoms with Crippen molar-refractivity contribution in [3.8, 4) is 0 Å². The van der Waals surface area contributed by atoms with Crippen molar-refractivity contribution in [3.63, 3.8) is 0 Å². The normalized spacial score (nSPS) is 33.8. The number of carbonyl (C=O) groups excluding carboxylic acids is 1. The van der Waals surface area contributed by atoms with E-state index in [9.17, 15) is 4.79 Å². The Morgan fingerprint density at radius 1 is 1.24 bits per heavy atom. The maximum absolute atomic E-state index is 12.1. The van der Waals surface area contributed by atoms with Gasteiger partial charge in [0, 0.05) is 32.3 Å². The van der Waals surface area contributed by atoms with Crippen molar-refractivity contribution in [2.75, 3.05) is 39.4 Å². The van der Waals surface area contributed by atoms with Crippen molar-refractivity contribution in [3.05, 3.63) is 0 Å². The van der Waals surface area contributed by atoms with Gasteiger partial charge in [-0.2, -0.15) is 0 Å².